The number of hydrogen-bond donors (Lipinski definition) is 6. The predicted octanol–water partition coefficient (Wildman–Crippen LogP) is 10.6. The monoisotopic (exact) mass is 1190 g/mol. The second kappa shape index (κ2) is 25.3. The molecule has 1 aromatic rings. The minimum absolute atomic E-state index is 0.0173. The van der Waals surface area contributed by atoms with Crippen molar-refractivity contribution < 1.29 is 44.0 Å². The number of allylic oxidation sites excluding steroid dienone is 5. The Balaban J connectivity index is 0.942. The van der Waals surface area contributed by atoms with Crippen LogP contribution in [0.25, 0.3) is 0 Å². The third kappa shape index (κ3) is 11.5. The number of aliphatic hydroxyl groups excluding tert-OH is 3. The lowest BCUT2D eigenvalue weighted by molar-refractivity contribution is -0.138. The maximum absolute atomic E-state index is 15.7. The third-order valence-corrected chi connectivity index (χ3v) is 25.4. The SMILES string of the molecule is CCC1(C=C2OC(=O)C3=C2CCC2C4CCC5(C6=CCC(C7CCC8CC(CO)CC(C(O)Cc9ccccc9)C#CCC7C8)C(NCC(O)C7CCCCC7)SSCNC7=CC(=CCN7)C(CN7C(=O)C=CC7=O)C4=C5C(=O)O6)C32)CCCC1. The van der Waals surface area contributed by atoms with Crippen molar-refractivity contribution in [3.05, 3.63) is 118 Å². The zero-order valence-electron chi connectivity index (χ0n) is 49.6. The van der Waals surface area contributed by atoms with E-state index in [0.717, 1.165) is 124 Å². The van der Waals surface area contributed by atoms with E-state index in [1.807, 2.05) is 18.2 Å². The molecule has 4 saturated carbocycles. The van der Waals surface area contributed by atoms with Crippen LogP contribution in [0.5, 0.6) is 0 Å². The Hall–Kier alpha value is -4.82. The van der Waals surface area contributed by atoms with E-state index >= 15 is 9.59 Å². The van der Waals surface area contributed by atoms with Gasteiger partial charge in [0, 0.05) is 73.7 Å². The molecule has 1 aromatic carbocycles. The Bertz CT molecular complexity index is 3030. The maximum Gasteiger partial charge on any atom is 0.340 e. The van der Waals surface area contributed by atoms with Gasteiger partial charge in [-0.25, -0.2) is 9.59 Å². The number of carbonyl (C=O) groups excluding carboxylic acids is 4. The van der Waals surface area contributed by atoms with Crippen LogP contribution in [-0.4, -0.2) is 93.7 Å². The lowest BCUT2D eigenvalue weighted by Crippen LogP contribution is -2.54. The van der Waals surface area contributed by atoms with Crippen molar-refractivity contribution in [2.75, 3.05) is 32.1 Å². The van der Waals surface area contributed by atoms with E-state index in [0.29, 0.717) is 86.1 Å². The molecule has 5 heterocycles. The average molecular weight is 1190 g/mol. The Morgan fingerprint density at radius 1 is 0.859 bits per heavy atom. The highest BCUT2D eigenvalue weighted by atomic mass is 33.1. The van der Waals surface area contributed by atoms with E-state index in [2.05, 4.69) is 71.2 Å². The van der Waals surface area contributed by atoms with Crippen molar-refractivity contribution in [2.24, 2.45) is 75.9 Å². The Morgan fingerprint density at radius 2 is 1.67 bits per heavy atom. The lowest BCUT2D eigenvalue weighted by atomic mass is 9.43. The number of ether oxygens (including phenoxy) is 2. The summed E-state index contributed by atoms with van der Waals surface area (Å²) in [4.78, 5) is 59.4. The van der Waals surface area contributed by atoms with E-state index in [9.17, 15) is 24.9 Å². The second-order valence-electron chi connectivity index (χ2n) is 27.4. The van der Waals surface area contributed by atoms with E-state index in [4.69, 9.17) is 9.47 Å². The Kier molecular flexibility index (Phi) is 17.6. The normalized spacial score (nSPS) is 35.8. The van der Waals surface area contributed by atoms with Gasteiger partial charge in [0.15, 0.2) is 0 Å². The van der Waals surface area contributed by atoms with Gasteiger partial charge in [0.1, 0.15) is 11.5 Å². The highest BCUT2D eigenvalue weighted by molar-refractivity contribution is 8.76. The summed E-state index contributed by atoms with van der Waals surface area (Å²) in [7, 11) is 3.55. The maximum atomic E-state index is 15.7. The number of rotatable bonds is 13. The standard InChI is InChI=1S/C70H88N4O9S2/c1-2-69(28-9-10-29-69)37-57-53-21-20-51-50-26-30-70(64(51)63(53)67(80)82-57)58-23-22-52(49-19-18-43-32-44(40-75)34-48(17-11-16-46(49)33-43)55(76)35-42-12-5-3-6-13-42)66(72-38-56(77)45-14-7-4-8-15-45)85-84-41-73-59-36-47(27-31-71-59)54(62(50)65(70)68(81)83-58)39-74-60(78)24-25-61(74)79/h3,5-6,12-13,23-25,27,36-37,43-46,48-52,54-56,64,66,71-73,75-77H,2,4,7-10,14-16,18-22,26,28-35,38-41H2,1H3. The van der Waals surface area contributed by atoms with Gasteiger partial charge in [-0.2, -0.15) is 0 Å². The van der Waals surface area contributed by atoms with Gasteiger partial charge in [-0.1, -0.05) is 109 Å². The van der Waals surface area contributed by atoms with Gasteiger partial charge in [0.2, 0.25) is 0 Å². The summed E-state index contributed by atoms with van der Waals surface area (Å²) in [6, 6.07) is 10.1. The molecule has 2 amide bonds. The molecule has 14 rings (SSSR count). The molecule has 1 saturated heterocycles. The molecule has 5 aliphatic heterocycles. The quantitative estimate of drug-likeness (QED) is 0.0474. The lowest BCUT2D eigenvalue weighted by Gasteiger charge is -2.57. The molecule has 85 heavy (non-hydrogen) atoms. The fourth-order valence-electron chi connectivity index (χ4n) is 18.7. The third-order valence-electron chi connectivity index (χ3n) is 22.9. The molecule has 9 bridgehead atoms. The molecule has 5 fully saturated rings. The van der Waals surface area contributed by atoms with Crippen molar-refractivity contribution in [3.63, 3.8) is 0 Å². The number of imide groups is 1. The summed E-state index contributed by atoms with van der Waals surface area (Å²) < 4.78 is 13.5. The highest BCUT2D eigenvalue weighted by Gasteiger charge is 2.69. The first-order valence-corrected chi connectivity index (χ1v) is 35.1. The molecule has 454 valence electrons. The summed E-state index contributed by atoms with van der Waals surface area (Å²) in [5, 5.41) is 46.0. The number of amides is 2. The largest absolute Gasteiger partial charge is 0.427 e. The molecule has 1 spiro atoms. The zero-order chi connectivity index (χ0) is 58.4. The molecule has 13 aliphatic rings. The van der Waals surface area contributed by atoms with E-state index in [1.165, 1.54) is 23.5 Å². The molecule has 6 N–H and O–H groups in total. The number of fused-ring (bicyclic) bond motifs is 4. The van der Waals surface area contributed by atoms with Crippen LogP contribution in [0.3, 0.4) is 0 Å². The summed E-state index contributed by atoms with van der Waals surface area (Å²) in [6.07, 6.45) is 30.2. The fourth-order valence-corrected chi connectivity index (χ4v) is 21.2. The zero-order valence-corrected chi connectivity index (χ0v) is 51.2. The number of cyclic esters (lactones) is 1. The fraction of sp³-hybridized carbons (Fsp3) is 0.629. The predicted molar refractivity (Wildman–Crippen MR) is 330 cm³/mol. The van der Waals surface area contributed by atoms with Crippen LogP contribution >= 0.6 is 21.6 Å². The highest BCUT2D eigenvalue weighted by Crippen LogP contribution is 2.72. The molecule has 14 atom stereocenters. The van der Waals surface area contributed by atoms with E-state index < -0.39 is 29.5 Å². The molecular formula is C70H88N4O9S2. The molecule has 13 nitrogen and oxygen atoms in total. The summed E-state index contributed by atoms with van der Waals surface area (Å²) >= 11 is 0. The van der Waals surface area contributed by atoms with Gasteiger partial charge in [-0.05, 0) is 184 Å². The Labute approximate surface area is 510 Å². The molecule has 0 aromatic heterocycles. The van der Waals surface area contributed by atoms with Crippen LogP contribution in [-0.2, 0) is 35.1 Å². The average Bonchev–Trinajstić information content (AvgIpc) is 1.75. The number of nitrogens with one attached hydrogen (secondary N) is 3. The summed E-state index contributed by atoms with van der Waals surface area (Å²) in [5.74, 6) is 8.23. The number of hydrogen-bond acceptors (Lipinski definition) is 14. The number of carbonyl (C=O) groups is 4. The van der Waals surface area contributed by atoms with Crippen molar-refractivity contribution >= 4 is 45.3 Å². The minimum atomic E-state index is -1.01. The summed E-state index contributed by atoms with van der Waals surface area (Å²) in [5.41, 5.74) is 4.19. The van der Waals surface area contributed by atoms with Crippen LogP contribution in [0.4, 0.5) is 0 Å². The van der Waals surface area contributed by atoms with Crippen LogP contribution in [0.15, 0.2) is 112 Å². The molecule has 15 heteroatoms. The van der Waals surface area contributed by atoms with Gasteiger partial charge in [-0.15, -0.1) is 5.92 Å². The second-order valence-corrected chi connectivity index (χ2v) is 29.9. The van der Waals surface area contributed by atoms with Crippen molar-refractivity contribution in [2.45, 2.75) is 166 Å². The smallest absolute Gasteiger partial charge is 0.340 e. The van der Waals surface area contributed by atoms with Gasteiger partial charge < -0.3 is 40.7 Å². The number of nitrogens with zero attached hydrogens (tertiary/aromatic N) is 1. The first kappa shape index (κ1) is 59.2. The van der Waals surface area contributed by atoms with E-state index in [1.54, 1.807) is 21.6 Å². The number of benzene rings is 1. The van der Waals surface area contributed by atoms with Gasteiger partial charge in [0.05, 0.1) is 40.3 Å². The first-order chi connectivity index (χ1) is 41.4. The molecule has 14 unspecified atom stereocenters. The van der Waals surface area contributed by atoms with Crippen molar-refractivity contribution in [1.29, 1.82) is 0 Å². The van der Waals surface area contributed by atoms with Crippen LogP contribution in [0, 0.1) is 87.8 Å². The number of dihydropyridines is 1. The molecule has 8 aliphatic carbocycles. The van der Waals surface area contributed by atoms with Crippen molar-refractivity contribution in [1.82, 2.24) is 20.9 Å². The molecule has 0 radical (unpaired) electrons. The van der Waals surface area contributed by atoms with Crippen molar-refractivity contribution in [3.8, 4) is 11.8 Å². The Morgan fingerprint density at radius 3 is 2.46 bits per heavy atom. The minimum Gasteiger partial charge on any atom is -0.427 e. The summed E-state index contributed by atoms with van der Waals surface area (Å²) in [6.45, 7) is 3.33. The number of aliphatic hydroxyl groups is 3. The van der Waals surface area contributed by atoms with Gasteiger partial charge >= 0.3 is 11.9 Å². The topological polar surface area (TPSA) is 187 Å². The van der Waals surface area contributed by atoms with Crippen LogP contribution in [0.1, 0.15) is 147 Å². The van der Waals surface area contributed by atoms with Crippen LogP contribution < -0.4 is 16.0 Å². The number of esters is 2. The first-order valence-electron chi connectivity index (χ1n) is 32.7. The van der Waals surface area contributed by atoms with Crippen LogP contribution in [0.2, 0.25) is 0 Å². The van der Waals surface area contributed by atoms with Gasteiger partial charge in [0.25, 0.3) is 11.8 Å². The molecular weight excluding hydrogens is 1100 g/mol. The van der Waals surface area contributed by atoms with Gasteiger partial charge in [-0.3, -0.25) is 14.5 Å². The van der Waals surface area contributed by atoms with E-state index in [-0.39, 0.29) is 95.0 Å².